The van der Waals surface area contributed by atoms with Crippen LogP contribution in [0.1, 0.15) is 33.1 Å². The molecule has 1 fully saturated rings. The SMILES string of the molecule is NCc1ccc(C(F)(F)F)cc1-c1ccc(CNC(=O)c2cncc(-c3cnn(C4COC4)c3)c2)cc1. The van der Waals surface area contributed by atoms with Gasteiger partial charge in [-0.15, -0.1) is 0 Å². The van der Waals surface area contributed by atoms with E-state index in [0.717, 1.165) is 28.8 Å². The first kappa shape index (κ1) is 24.7. The predicted octanol–water partition coefficient (Wildman–Crippen LogP) is 4.59. The lowest BCUT2D eigenvalue weighted by molar-refractivity contribution is -0.137. The van der Waals surface area contributed by atoms with E-state index in [1.165, 1.54) is 12.3 Å². The van der Waals surface area contributed by atoms with Crippen LogP contribution >= 0.6 is 0 Å². The summed E-state index contributed by atoms with van der Waals surface area (Å²) in [5.74, 6) is -0.290. The molecule has 1 aliphatic rings. The molecule has 0 bridgehead atoms. The van der Waals surface area contributed by atoms with Crippen LogP contribution in [0.4, 0.5) is 13.2 Å². The molecule has 0 unspecified atom stereocenters. The van der Waals surface area contributed by atoms with Gasteiger partial charge in [-0.3, -0.25) is 14.5 Å². The number of pyridine rings is 1. The van der Waals surface area contributed by atoms with Crippen molar-refractivity contribution >= 4 is 5.91 Å². The van der Waals surface area contributed by atoms with Gasteiger partial charge in [0.25, 0.3) is 5.91 Å². The monoisotopic (exact) mass is 507 g/mol. The molecule has 10 heteroatoms. The number of aromatic nitrogens is 3. The van der Waals surface area contributed by atoms with Crippen molar-refractivity contribution in [3.8, 4) is 22.3 Å². The Hall–Kier alpha value is -4.02. The lowest BCUT2D eigenvalue weighted by Gasteiger charge is -2.25. The topological polar surface area (TPSA) is 95.1 Å². The lowest BCUT2D eigenvalue weighted by Crippen LogP contribution is -2.30. The summed E-state index contributed by atoms with van der Waals surface area (Å²) in [7, 11) is 0. The average molecular weight is 508 g/mol. The van der Waals surface area contributed by atoms with Gasteiger partial charge in [0.2, 0.25) is 0 Å². The fourth-order valence-corrected chi connectivity index (χ4v) is 4.07. The number of ether oxygens (including phenoxy) is 1. The zero-order chi connectivity index (χ0) is 26.0. The van der Waals surface area contributed by atoms with Crippen molar-refractivity contribution in [1.82, 2.24) is 20.1 Å². The van der Waals surface area contributed by atoms with Crippen LogP contribution < -0.4 is 11.1 Å². The minimum atomic E-state index is -4.44. The van der Waals surface area contributed by atoms with Crippen molar-refractivity contribution in [1.29, 1.82) is 0 Å². The third-order valence-electron chi connectivity index (χ3n) is 6.30. The number of hydrogen-bond acceptors (Lipinski definition) is 5. The van der Waals surface area contributed by atoms with Gasteiger partial charge in [-0.2, -0.15) is 18.3 Å². The summed E-state index contributed by atoms with van der Waals surface area (Å²) >= 11 is 0. The normalized spacial score (nSPS) is 13.8. The van der Waals surface area contributed by atoms with Crippen molar-refractivity contribution in [3.05, 3.63) is 95.6 Å². The fourth-order valence-electron chi connectivity index (χ4n) is 4.07. The van der Waals surface area contributed by atoms with Gasteiger partial charge < -0.3 is 15.8 Å². The van der Waals surface area contributed by atoms with Crippen LogP contribution in [-0.4, -0.2) is 33.9 Å². The number of nitrogens with one attached hydrogen (secondary N) is 1. The molecule has 1 amide bonds. The molecular weight excluding hydrogens is 483 g/mol. The summed E-state index contributed by atoms with van der Waals surface area (Å²) < 4.78 is 46.6. The number of nitrogens with two attached hydrogens (primary N) is 1. The van der Waals surface area contributed by atoms with Gasteiger partial charge in [0.15, 0.2) is 0 Å². The zero-order valence-electron chi connectivity index (χ0n) is 19.7. The molecule has 0 saturated carbocycles. The quantitative estimate of drug-likeness (QED) is 0.382. The van der Waals surface area contributed by atoms with Gasteiger partial charge in [-0.25, -0.2) is 0 Å². The first-order valence-electron chi connectivity index (χ1n) is 11.7. The number of rotatable bonds is 7. The number of halogens is 3. The summed E-state index contributed by atoms with van der Waals surface area (Å²) in [5, 5.41) is 7.23. The Morgan fingerprint density at radius 3 is 2.49 bits per heavy atom. The highest BCUT2D eigenvalue weighted by molar-refractivity contribution is 5.95. The second-order valence-electron chi connectivity index (χ2n) is 8.82. The van der Waals surface area contributed by atoms with Crippen LogP contribution in [-0.2, 0) is 24.0 Å². The smallest absolute Gasteiger partial charge is 0.377 e. The summed E-state index contributed by atoms with van der Waals surface area (Å²) in [5.41, 5.74) is 9.53. The molecule has 3 heterocycles. The lowest BCUT2D eigenvalue weighted by atomic mass is 9.96. The molecule has 3 N–H and O–H groups in total. The van der Waals surface area contributed by atoms with Crippen LogP contribution in [0.3, 0.4) is 0 Å². The summed E-state index contributed by atoms with van der Waals surface area (Å²) in [6.45, 7) is 1.64. The van der Waals surface area contributed by atoms with E-state index in [2.05, 4.69) is 15.4 Å². The number of benzene rings is 2. The van der Waals surface area contributed by atoms with Crippen molar-refractivity contribution in [2.45, 2.75) is 25.3 Å². The van der Waals surface area contributed by atoms with E-state index in [9.17, 15) is 18.0 Å². The van der Waals surface area contributed by atoms with Crippen LogP contribution in [0, 0.1) is 0 Å². The second kappa shape index (κ2) is 10.2. The predicted molar refractivity (Wildman–Crippen MR) is 131 cm³/mol. The van der Waals surface area contributed by atoms with E-state index in [1.54, 1.807) is 42.7 Å². The largest absolute Gasteiger partial charge is 0.416 e. The van der Waals surface area contributed by atoms with Crippen LogP contribution in [0.5, 0.6) is 0 Å². The maximum Gasteiger partial charge on any atom is 0.416 e. The van der Waals surface area contributed by atoms with Gasteiger partial charge in [-0.1, -0.05) is 30.3 Å². The molecule has 0 radical (unpaired) electrons. The maximum atomic E-state index is 13.2. The Morgan fingerprint density at radius 1 is 1.03 bits per heavy atom. The third kappa shape index (κ3) is 5.40. The number of hydrogen-bond donors (Lipinski definition) is 2. The first-order chi connectivity index (χ1) is 17.8. The highest BCUT2D eigenvalue weighted by atomic mass is 19.4. The number of carbonyl (C=O) groups excluding carboxylic acids is 1. The fraction of sp³-hybridized carbons (Fsp3) is 0.222. The summed E-state index contributed by atoms with van der Waals surface area (Å²) in [6, 6.07) is 12.5. The molecule has 5 rings (SSSR count). The minimum Gasteiger partial charge on any atom is -0.377 e. The van der Waals surface area contributed by atoms with Crippen molar-refractivity contribution in [2.75, 3.05) is 13.2 Å². The Balaban J connectivity index is 1.26. The molecule has 7 nitrogen and oxygen atoms in total. The molecule has 190 valence electrons. The molecule has 2 aromatic carbocycles. The van der Waals surface area contributed by atoms with Crippen molar-refractivity contribution in [3.63, 3.8) is 0 Å². The summed E-state index contributed by atoms with van der Waals surface area (Å²) in [6.07, 6.45) is 2.38. The number of carbonyl (C=O) groups is 1. The molecule has 37 heavy (non-hydrogen) atoms. The molecular formula is C27H24F3N5O2. The standard InChI is InChI=1S/C27H24F3N5O2/c28-27(29,30)23-6-5-19(9-31)25(8-23)18-3-1-17(2-4-18)10-33-26(36)21-7-20(11-32-12-21)22-13-34-35(14-22)24-15-37-16-24/h1-8,11-14,24H,9-10,15-16,31H2,(H,33,36). The molecule has 0 atom stereocenters. The van der Waals surface area contributed by atoms with Crippen LogP contribution in [0.2, 0.25) is 0 Å². The molecule has 1 aliphatic heterocycles. The van der Waals surface area contributed by atoms with Gasteiger partial charge in [0.05, 0.1) is 36.6 Å². The molecule has 0 spiro atoms. The van der Waals surface area contributed by atoms with Crippen molar-refractivity contribution in [2.24, 2.45) is 5.73 Å². The second-order valence-corrected chi connectivity index (χ2v) is 8.82. The highest BCUT2D eigenvalue weighted by Gasteiger charge is 2.31. The van der Waals surface area contributed by atoms with Crippen molar-refractivity contribution < 1.29 is 22.7 Å². The Bertz CT molecular complexity index is 1410. The molecule has 4 aromatic rings. The average Bonchev–Trinajstić information content (AvgIpc) is 3.35. The third-order valence-corrected chi connectivity index (χ3v) is 6.30. The van der Waals surface area contributed by atoms with Crippen LogP contribution in [0.15, 0.2) is 73.3 Å². The zero-order valence-corrected chi connectivity index (χ0v) is 19.7. The number of nitrogens with zero attached hydrogens (tertiary/aromatic N) is 3. The van der Waals surface area contributed by atoms with E-state index in [4.69, 9.17) is 10.5 Å². The first-order valence-corrected chi connectivity index (χ1v) is 11.7. The van der Waals surface area contributed by atoms with Gasteiger partial charge >= 0.3 is 6.18 Å². The van der Waals surface area contributed by atoms with E-state index >= 15 is 0 Å². The molecule has 1 saturated heterocycles. The van der Waals surface area contributed by atoms with Crippen LogP contribution in [0.25, 0.3) is 22.3 Å². The molecule has 0 aliphatic carbocycles. The van der Waals surface area contributed by atoms with E-state index < -0.39 is 11.7 Å². The van der Waals surface area contributed by atoms with E-state index in [-0.39, 0.29) is 25.0 Å². The Labute approximate surface area is 211 Å². The maximum absolute atomic E-state index is 13.2. The van der Waals surface area contributed by atoms with E-state index in [0.29, 0.717) is 35.5 Å². The van der Waals surface area contributed by atoms with Gasteiger partial charge in [-0.05, 0) is 40.5 Å². The highest BCUT2D eigenvalue weighted by Crippen LogP contribution is 2.34. The number of alkyl halides is 3. The van der Waals surface area contributed by atoms with E-state index in [1.807, 2.05) is 10.9 Å². The Morgan fingerprint density at radius 2 is 1.81 bits per heavy atom. The van der Waals surface area contributed by atoms with Gasteiger partial charge in [0, 0.05) is 42.8 Å². The summed E-state index contributed by atoms with van der Waals surface area (Å²) in [4.78, 5) is 17.0. The Kier molecular flexibility index (Phi) is 6.77. The number of amides is 1. The van der Waals surface area contributed by atoms with Gasteiger partial charge in [0.1, 0.15) is 0 Å². The molecule has 2 aromatic heterocycles. The minimum absolute atomic E-state index is 0.119.